The van der Waals surface area contributed by atoms with Crippen molar-refractivity contribution in [3.63, 3.8) is 0 Å². The lowest BCUT2D eigenvalue weighted by atomic mass is 9.97. The number of ether oxygens (including phenoxy) is 5. The number of esters is 1. The summed E-state index contributed by atoms with van der Waals surface area (Å²) in [6, 6.07) is 5.92. The third-order valence-electron chi connectivity index (χ3n) is 6.56. The fraction of sp³-hybridized carbons (Fsp3) is 0.708. The van der Waals surface area contributed by atoms with Crippen molar-refractivity contribution in [3.8, 4) is 5.75 Å². The van der Waals surface area contributed by atoms with E-state index < -0.39 is 92.3 Å². The van der Waals surface area contributed by atoms with Crippen LogP contribution in [0.25, 0.3) is 0 Å². The van der Waals surface area contributed by atoms with Crippen molar-refractivity contribution in [1.29, 1.82) is 0 Å². The Morgan fingerprint density at radius 2 is 1.31 bits per heavy atom. The molecule has 15 nitrogen and oxygen atoms in total. The van der Waals surface area contributed by atoms with Gasteiger partial charge in [-0.15, -0.1) is 0 Å². The summed E-state index contributed by atoms with van der Waals surface area (Å²) in [7, 11) is 0. The summed E-state index contributed by atoms with van der Waals surface area (Å²) in [6.07, 6.45) is -16.9. The molecule has 9 N–H and O–H groups in total. The van der Waals surface area contributed by atoms with E-state index in [4.69, 9.17) is 23.7 Å². The van der Waals surface area contributed by atoms with Gasteiger partial charge in [0, 0.05) is 0 Å². The molecule has 2 heterocycles. The predicted octanol–water partition coefficient (Wildman–Crippen LogP) is -4.14. The van der Waals surface area contributed by atoms with Crippen LogP contribution in [-0.4, -0.2) is 138 Å². The van der Waals surface area contributed by atoms with Gasteiger partial charge in [0.2, 0.25) is 6.29 Å². The number of hydrogen-bond acceptors (Lipinski definition) is 15. The van der Waals surface area contributed by atoms with E-state index in [1.54, 1.807) is 0 Å². The van der Waals surface area contributed by atoms with Gasteiger partial charge in [-0.3, -0.25) is 0 Å². The minimum atomic E-state index is -1.86. The maximum atomic E-state index is 12.5. The largest absolute Gasteiger partial charge is 0.462 e. The third kappa shape index (κ3) is 7.21. The van der Waals surface area contributed by atoms with Crippen molar-refractivity contribution in [1.82, 2.24) is 0 Å². The molecule has 2 aliphatic heterocycles. The highest BCUT2D eigenvalue weighted by molar-refractivity contribution is 5.75. The van der Waals surface area contributed by atoms with Crippen LogP contribution in [0.3, 0.4) is 0 Å². The van der Waals surface area contributed by atoms with Crippen molar-refractivity contribution in [2.24, 2.45) is 0 Å². The van der Waals surface area contributed by atoms with Crippen LogP contribution >= 0.6 is 0 Å². The van der Waals surface area contributed by atoms with E-state index in [2.05, 4.69) is 0 Å². The van der Waals surface area contributed by atoms with E-state index in [1.165, 1.54) is 38.1 Å². The van der Waals surface area contributed by atoms with Crippen LogP contribution in [-0.2, 0) is 30.3 Å². The Morgan fingerprint density at radius 3 is 1.82 bits per heavy atom. The highest BCUT2D eigenvalue weighted by atomic mass is 16.7. The SMILES string of the molecule is CC(C)(O[C@@H]1O[C@H](CO)[C@@H](O)[C@H](O)[C@H]1O)[C@@H](O)C(=O)OCc1ccc(O[C@@H]2O[C@H](CO)[C@@H](O)[C@H](O)[C@H]2O)cc1. The van der Waals surface area contributed by atoms with Crippen molar-refractivity contribution in [3.05, 3.63) is 29.8 Å². The summed E-state index contributed by atoms with van der Waals surface area (Å²) in [5, 5.41) is 88.8. The van der Waals surface area contributed by atoms with Crippen LogP contribution in [0.4, 0.5) is 0 Å². The molecule has 0 bridgehead atoms. The molecule has 3 rings (SSSR count). The summed E-state index contributed by atoms with van der Waals surface area (Å²) < 4.78 is 26.7. The second kappa shape index (κ2) is 13.1. The normalized spacial score (nSPS) is 36.3. The van der Waals surface area contributed by atoms with Crippen LogP contribution in [0.2, 0.25) is 0 Å². The summed E-state index contributed by atoms with van der Waals surface area (Å²) in [6.45, 7) is 1.07. The predicted molar refractivity (Wildman–Crippen MR) is 126 cm³/mol. The van der Waals surface area contributed by atoms with Crippen molar-refractivity contribution < 1.29 is 74.4 Å². The molecule has 2 aliphatic rings. The Bertz CT molecular complexity index is 923. The van der Waals surface area contributed by atoms with Gasteiger partial charge in [0.25, 0.3) is 0 Å². The monoisotopic (exact) mass is 564 g/mol. The summed E-state index contributed by atoms with van der Waals surface area (Å²) in [5.74, 6) is -0.880. The quantitative estimate of drug-likeness (QED) is 0.122. The van der Waals surface area contributed by atoms with Gasteiger partial charge < -0.3 is 69.6 Å². The zero-order valence-electron chi connectivity index (χ0n) is 21.3. The number of carbonyl (C=O) groups is 1. The zero-order valence-corrected chi connectivity index (χ0v) is 21.3. The van der Waals surface area contributed by atoms with Crippen molar-refractivity contribution in [2.45, 2.75) is 93.6 Å². The van der Waals surface area contributed by atoms with Gasteiger partial charge in [-0.05, 0) is 31.5 Å². The van der Waals surface area contributed by atoms with Gasteiger partial charge in [0.15, 0.2) is 12.4 Å². The molecule has 0 spiro atoms. The molecule has 0 unspecified atom stereocenters. The molecule has 1 aromatic carbocycles. The molecular weight excluding hydrogens is 528 g/mol. The fourth-order valence-corrected chi connectivity index (χ4v) is 4.01. The minimum absolute atomic E-state index is 0.198. The van der Waals surface area contributed by atoms with E-state index in [-0.39, 0.29) is 12.4 Å². The van der Waals surface area contributed by atoms with E-state index in [9.17, 15) is 50.8 Å². The van der Waals surface area contributed by atoms with Crippen LogP contribution in [0.15, 0.2) is 24.3 Å². The first-order chi connectivity index (χ1) is 18.3. The highest BCUT2D eigenvalue weighted by Crippen LogP contribution is 2.28. The van der Waals surface area contributed by atoms with E-state index in [1.807, 2.05) is 0 Å². The summed E-state index contributed by atoms with van der Waals surface area (Å²) in [4.78, 5) is 12.5. The van der Waals surface area contributed by atoms with Gasteiger partial charge in [-0.25, -0.2) is 4.79 Å². The number of hydrogen-bond donors (Lipinski definition) is 9. The number of carbonyl (C=O) groups excluding carboxylic acids is 1. The standard InChI is InChI=1S/C24H36O15/c1-24(2,39-23-19(32)17(30)15(28)13(8-26)38-23)20(33)21(34)35-9-10-3-5-11(6-4-10)36-22-18(31)16(29)14(27)12(7-25)37-22/h3-6,12-20,22-23,25-33H,7-9H2,1-2H3/t12-,13-,14-,15-,16+,17+,18-,19-,20+,22-,23+/m1/s1. The lowest BCUT2D eigenvalue weighted by Crippen LogP contribution is -2.61. The lowest BCUT2D eigenvalue weighted by molar-refractivity contribution is -0.330. The topological polar surface area (TPSA) is 245 Å². The summed E-state index contributed by atoms with van der Waals surface area (Å²) >= 11 is 0. The number of aliphatic hydroxyl groups is 9. The third-order valence-corrected chi connectivity index (χ3v) is 6.56. The Morgan fingerprint density at radius 1 is 0.821 bits per heavy atom. The molecule has 11 atom stereocenters. The molecule has 2 saturated heterocycles. The van der Waals surface area contributed by atoms with Gasteiger partial charge >= 0.3 is 5.97 Å². The van der Waals surface area contributed by atoms with Crippen LogP contribution < -0.4 is 4.74 Å². The fourth-order valence-electron chi connectivity index (χ4n) is 4.01. The second-order valence-corrected chi connectivity index (χ2v) is 9.89. The van der Waals surface area contributed by atoms with Crippen molar-refractivity contribution >= 4 is 5.97 Å². The lowest BCUT2D eigenvalue weighted by Gasteiger charge is -2.43. The molecule has 39 heavy (non-hydrogen) atoms. The Balaban J connectivity index is 1.53. The van der Waals surface area contributed by atoms with E-state index in [0.29, 0.717) is 5.56 Å². The first-order valence-corrected chi connectivity index (χ1v) is 12.2. The highest BCUT2D eigenvalue weighted by Gasteiger charge is 2.48. The Labute approximate surface area is 223 Å². The first-order valence-electron chi connectivity index (χ1n) is 12.2. The molecule has 0 radical (unpaired) electrons. The zero-order chi connectivity index (χ0) is 29.1. The van der Waals surface area contributed by atoms with Gasteiger partial charge in [-0.2, -0.15) is 0 Å². The Hall–Kier alpha value is -1.99. The molecule has 1 aromatic rings. The molecule has 2 fully saturated rings. The number of benzene rings is 1. The molecule has 0 aliphatic carbocycles. The average molecular weight is 565 g/mol. The average Bonchev–Trinajstić information content (AvgIpc) is 2.92. The first kappa shape index (κ1) is 31.5. The Kier molecular flexibility index (Phi) is 10.6. The smallest absolute Gasteiger partial charge is 0.338 e. The maximum Gasteiger partial charge on any atom is 0.338 e. The molecule has 222 valence electrons. The van der Waals surface area contributed by atoms with E-state index >= 15 is 0 Å². The van der Waals surface area contributed by atoms with Crippen LogP contribution in [0.5, 0.6) is 5.75 Å². The maximum absolute atomic E-state index is 12.5. The van der Waals surface area contributed by atoms with Gasteiger partial charge in [0.1, 0.15) is 66.8 Å². The van der Waals surface area contributed by atoms with Gasteiger partial charge in [-0.1, -0.05) is 12.1 Å². The number of rotatable bonds is 10. The van der Waals surface area contributed by atoms with Crippen LogP contribution in [0.1, 0.15) is 19.4 Å². The molecule has 15 heteroatoms. The molecular formula is C24H36O15. The summed E-state index contributed by atoms with van der Waals surface area (Å²) in [5.41, 5.74) is -1.21. The van der Waals surface area contributed by atoms with Crippen molar-refractivity contribution in [2.75, 3.05) is 13.2 Å². The van der Waals surface area contributed by atoms with Gasteiger partial charge in [0.05, 0.1) is 13.2 Å². The van der Waals surface area contributed by atoms with E-state index in [0.717, 1.165) is 0 Å². The minimum Gasteiger partial charge on any atom is -0.462 e. The molecule has 0 amide bonds. The second-order valence-electron chi connectivity index (χ2n) is 9.89. The molecule has 0 aromatic heterocycles. The number of aliphatic hydroxyl groups excluding tert-OH is 9. The molecule has 0 saturated carbocycles. The van der Waals surface area contributed by atoms with Crippen LogP contribution in [0, 0.1) is 0 Å².